The van der Waals surface area contributed by atoms with E-state index < -0.39 is 11.0 Å². The van der Waals surface area contributed by atoms with Gasteiger partial charge in [-0.1, -0.05) is 44.0 Å². The maximum absolute atomic E-state index is 12.3. The number of hydrogen-bond acceptors (Lipinski definition) is 4. The Bertz CT molecular complexity index is 985. The molecule has 3 rings (SSSR count). The first-order valence-corrected chi connectivity index (χ1v) is 11.1. The topological polar surface area (TPSA) is 55.2 Å². The van der Waals surface area contributed by atoms with E-state index in [-0.39, 0.29) is 0 Å². The van der Waals surface area contributed by atoms with Crippen LogP contribution in [0.4, 0.5) is 0 Å². The maximum Gasteiger partial charge on any atom is 0.152 e. The Kier molecular flexibility index (Phi) is 6.46. The Morgan fingerprint density at radius 1 is 1.26 bits per heavy atom. The number of aromatic nitrogens is 2. The fourth-order valence-corrected chi connectivity index (χ4v) is 5.42. The van der Waals surface area contributed by atoms with Crippen molar-refractivity contribution >= 4 is 40.1 Å². The van der Waals surface area contributed by atoms with Crippen LogP contribution in [0.15, 0.2) is 42.7 Å². The van der Waals surface area contributed by atoms with Gasteiger partial charge in [0.05, 0.1) is 5.69 Å². The number of carbonyl (C=O) groups excluding carboxylic acids is 1. The zero-order valence-electron chi connectivity index (χ0n) is 15.7. The molecule has 0 aliphatic heterocycles. The van der Waals surface area contributed by atoms with Crippen LogP contribution in [0.2, 0.25) is 0 Å². The molecule has 27 heavy (non-hydrogen) atoms. The molecule has 0 saturated heterocycles. The summed E-state index contributed by atoms with van der Waals surface area (Å²) >= 11 is 1.56. The lowest BCUT2D eigenvalue weighted by molar-refractivity contribution is 0.112. The Hall–Kier alpha value is -1.96. The number of pyridine rings is 1. The summed E-state index contributed by atoms with van der Waals surface area (Å²) in [6, 6.07) is 9.91. The molecule has 0 radical (unpaired) electrons. The minimum atomic E-state index is -1.03. The summed E-state index contributed by atoms with van der Waals surface area (Å²) in [7, 11) is 0.929. The van der Waals surface area contributed by atoms with E-state index in [1.807, 2.05) is 59.5 Å². The smallest absolute Gasteiger partial charge is 0.152 e. The predicted molar refractivity (Wildman–Crippen MR) is 114 cm³/mol. The molecule has 0 N–H and O–H groups in total. The van der Waals surface area contributed by atoms with Crippen LogP contribution in [0, 0.1) is 0 Å². The van der Waals surface area contributed by atoms with Gasteiger partial charge < -0.3 is 4.57 Å². The van der Waals surface area contributed by atoms with Gasteiger partial charge in [-0.2, -0.15) is 3.71 Å². The number of nitrogens with zero attached hydrogens (tertiary/aromatic N) is 3. The van der Waals surface area contributed by atoms with Crippen LogP contribution in [0.5, 0.6) is 0 Å². The molecule has 5 nitrogen and oxygen atoms in total. The van der Waals surface area contributed by atoms with E-state index in [0.717, 1.165) is 39.8 Å². The van der Waals surface area contributed by atoms with Gasteiger partial charge in [0.15, 0.2) is 6.29 Å². The monoisotopic (exact) mass is 401 g/mol. The van der Waals surface area contributed by atoms with Gasteiger partial charge in [-0.15, -0.1) is 0 Å². The number of aldehydes is 1. The zero-order valence-corrected chi connectivity index (χ0v) is 17.3. The van der Waals surface area contributed by atoms with E-state index in [1.54, 1.807) is 24.3 Å². The van der Waals surface area contributed by atoms with Gasteiger partial charge >= 0.3 is 0 Å². The summed E-state index contributed by atoms with van der Waals surface area (Å²) in [5, 5.41) is 0.936. The van der Waals surface area contributed by atoms with Crippen molar-refractivity contribution in [1.82, 2.24) is 13.3 Å². The summed E-state index contributed by atoms with van der Waals surface area (Å²) in [6.07, 6.45) is 4.48. The number of fused-ring (bicyclic) bond motifs is 1. The molecule has 0 bridgehead atoms. The van der Waals surface area contributed by atoms with Gasteiger partial charge in [-0.25, -0.2) is 4.21 Å². The van der Waals surface area contributed by atoms with Crippen molar-refractivity contribution in [2.24, 2.45) is 7.05 Å². The SMILES string of the molecule is CCSN(Cc1cncc(-c2c(C=O)c3ccccc3n2C)c1)S(=O)CC. The highest BCUT2D eigenvalue weighted by molar-refractivity contribution is 8.06. The first-order chi connectivity index (χ1) is 13.1. The highest BCUT2D eigenvalue weighted by atomic mass is 32.2. The van der Waals surface area contributed by atoms with E-state index in [1.165, 1.54) is 0 Å². The lowest BCUT2D eigenvalue weighted by Gasteiger charge is -2.18. The number of carbonyl (C=O) groups is 1. The van der Waals surface area contributed by atoms with Gasteiger partial charge in [0, 0.05) is 59.5 Å². The molecular formula is C20H23N3O2S2. The third kappa shape index (κ3) is 4.00. The average Bonchev–Trinajstić information content (AvgIpc) is 2.99. The highest BCUT2D eigenvalue weighted by Crippen LogP contribution is 2.32. The van der Waals surface area contributed by atoms with Crippen molar-refractivity contribution < 1.29 is 9.00 Å². The first kappa shape index (κ1) is 19.8. The minimum absolute atomic E-state index is 0.542. The van der Waals surface area contributed by atoms with Gasteiger partial charge in [-0.3, -0.25) is 9.78 Å². The van der Waals surface area contributed by atoms with E-state index in [4.69, 9.17) is 0 Å². The molecule has 1 aromatic carbocycles. The summed E-state index contributed by atoms with van der Waals surface area (Å²) in [5.74, 6) is 1.44. The third-order valence-corrected chi connectivity index (χ3v) is 6.96. The molecule has 0 spiro atoms. The Morgan fingerprint density at radius 3 is 2.74 bits per heavy atom. The van der Waals surface area contributed by atoms with Crippen molar-refractivity contribution in [2.75, 3.05) is 11.5 Å². The van der Waals surface area contributed by atoms with Crippen LogP contribution in [-0.4, -0.2) is 35.3 Å². The average molecular weight is 402 g/mol. The van der Waals surface area contributed by atoms with Crippen molar-refractivity contribution in [3.8, 4) is 11.3 Å². The van der Waals surface area contributed by atoms with Crippen LogP contribution < -0.4 is 0 Å². The molecule has 0 fully saturated rings. The van der Waals surface area contributed by atoms with Crippen molar-refractivity contribution in [3.05, 3.63) is 53.9 Å². The predicted octanol–water partition coefficient (Wildman–Crippen LogP) is 4.21. The molecule has 1 atom stereocenters. The second-order valence-corrected chi connectivity index (χ2v) is 9.23. The minimum Gasteiger partial charge on any atom is -0.343 e. The third-order valence-electron chi connectivity index (χ3n) is 4.39. The molecule has 2 aromatic heterocycles. The fraction of sp³-hybridized carbons (Fsp3) is 0.300. The normalized spacial score (nSPS) is 12.6. The van der Waals surface area contributed by atoms with Crippen molar-refractivity contribution in [3.63, 3.8) is 0 Å². The van der Waals surface area contributed by atoms with Crippen LogP contribution in [-0.2, 0) is 24.6 Å². The van der Waals surface area contributed by atoms with Gasteiger partial charge in [-0.05, 0) is 17.7 Å². The Morgan fingerprint density at radius 2 is 2.04 bits per heavy atom. The number of rotatable bonds is 8. The summed E-state index contributed by atoms with van der Waals surface area (Å²) in [4.78, 5) is 16.2. The number of hydrogen-bond donors (Lipinski definition) is 0. The number of aryl methyl sites for hydroxylation is 1. The van der Waals surface area contributed by atoms with E-state index in [2.05, 4.69) is 4.98 Å². The lowest BCUT2D eigenvalue weighted by Crippen LogP contribution is -2.20. The molecule has 142 valence electrons. The van der Waals surface area contributed by atoms with Crippen LogP contribution >= 0.6 is 11.9 Å². The molecule has 0 saturated carbocycles. The number of para-hydroxylation sites is 1. The second-order valence-electron chi connectivity index (χ2n) is 6.06. The van der Waals surface area contributed by atoms with Crippen LogP contribution in [0.25, 0.3) is 22.2 Å². The second kappa shape index (κ2) is 8.82. The zero-order chi connectivity index (χ0) is 19.4. The molecule has 7 heteroatoms. The van der Waals surface area contributed by atoms with E-state index in [9.17, 15) is 9.00 Å². The summed E-state index contributed by atoms with van der Waals surface area (Å²) < 4.78 is 16.2. The molecular weight excluding hydrogens is 378 g/mol. The Labute approximate surface area is 166 Å². The molecule has 0 aliphatic carbocycles. The van der Waals surface area contributed by atoms with E-state index in [0.29, 0.717) is 17.9 Å². The molecule has 0 aliphatic rings. The summed E-state index contributed by atoms with van der Waals surface area (Å²) in [5.41, 5.74) is 4.39. The maximum atomic E-state index is 12.3. The van der Waals surface area contributed by atoms with Crippen LogP contribution in [0.3, 0.4) is 0 Å². The highest BCUT2D eigenvalue weighted by Gasteiger charge is 2.18. The molecule has 2 heterocycles. The van der Waals surface area contributed by atoms with Crippen molar-refractivity contribution in [2.45, 2.75) is 20.4 Å². The van der Waals surface area contributed by atoms with Crippen LogP contribution in [0.1, 0.15) is 29.8 Å². The molecule has 3 aromatic rings. The van der Waals surface area contributed by atoms with E-state index >= 15 is 0 Å². The van der Waals surface area contributed by atoms with Gasteiger partial charge in [0.2, 0.25) is 0 Å². The lowest BCUT2D eigenvalue weighted by atomic mass is 10.1. The molecule has 1 unspecified atom stereocenters. The van der Waals surface area contributed by atoms with Gasteiger partial charge in [0.1, 0.15) is 11.0 Å². The van der Waals surface area contributed by atoms with Crippen molar-refractivity contribution in [1.29, 1.82) is 0 Å². The largest absolute Gasteiger partial charge is 0.343 e. The standard InChI is InChI=1S/C20H23N3O2S2/c1-4-26-23(27(25)5-2)13-15-10-16(12-21-11-15)20-18(14-24)17-8-6-7-9-19(17)22(20)3/h6-12,14H,4-5,13H2,1-3H3. The Balaban J connectivity index is 2.04. The number of benzene rings is 1. The summed E-state index contributed by atoms with van der Waals surface area (Å²) in [6.45, 7) is 4.51. The quantitative estimate of drug-likeness (QED) is 0.419. The molecule has 0 amide bonds. The first-order valence-electron chi connectivity index (χ1n) is 8.86. The fourth-order valence-electron chi connectivity index (χ4n) is 3.21. The van der Waals surface area contributed by atoms with Gasteiger partial charge in [0.25, 0.3) is 0 Å².